The van der Waals surface area contributed by atoms with Gasteiger partial charge < -0.3 is 10.1 Å². The van der Waals surface area contributed by atoms with Gasteiger partial charge in [-0.1, -0.05) is 19.1 Å². The van der Waals surface area contributed by atoms with Gasteiger partial charge in [0.1, 0.15) is 0 Å². The smallest absolute Gasteiger partial charge is 0.271 e. The Morgan fingerprint density at radius 2 is 2.04 bits per heavy atom. The molecule has 0 heterocycles. The number of carbonyl (C=O) groups is 1. The van der Waals surface area contributed by atoms with Gasteiger partial charge in [-0.15, -0.1) is 0 Å². The maximum absolute atomic E-state index is 13.8. The van der Waals surface area contributed by atoms with Crippen LogP contribution in [0.2, 0.25) is 0 Å². The van der Waals surface area contributed by atoms with Crippen molar-refractivity contribution in [3.05, 3.63) is 63.5 Å². The summed E-state index contributed by atoms with van der Waals surface area (Å²) in [5, 5.41) is 13.6. The highest BCUT2D eigenvalue weighted by Gasteiger charge is 2.14. The van der Waals surface area contributed by atoms with Gasteiger partial charge in [-0.2, -0.15) is 0 Å². The zero-order valence-corrected chi connectivity index (χ0v) is 15.5. The van der Waals surface area contributed by atoms with E-state index in [-0.39, 0.29) is 23.9 Å². The number of methoxy groups -OCH3 is 1. The van der Waals surface area contributed by atoms with E-state index in [4.69, 9.17) is 4.74 Å². The van der Waals surface area contributed by atoms with Gasteiger partial charge in [0.25, 0.3) is 5.69 Å². The van der Waals surface area contributed by atoms with Crippen LogP contribution >= 0.6 is 0 Å². The van der Waals surface area contributed by atoms with E-state index in [1.165, 1.54) is 25.3 Å². The summed E-state index contributed by atoms with van der Waals surface area (Å²) in [6.07, 6.45) is 0. The van der Waals surface area contributed by atoms with Crippen molar-refractivity contribution in [1.29, 1.82) is 0 Å². The number of nitrogens with zero attached hydrogens (tertiary/aromatic N) is 2. The minimum atomic E-state index is -0.508. The molecule has 0 spiro atoms. The van der Waals surface area contributed by atoms with Crippen molar-refractivity contribution in [2.45, 2.75) is 20.4 Å². The number of amides is 1. The van der Waals surface area contributed by atoms with Gasteiger partial charge in [-0.05, 0) is 36.7 Å². The maximum atomic E-state index is 13.8. The number of ether oxygens (including phenoxy) is 1. The van der Waals surface area contributed by atoms with Crippen molar-refractivity contribution in [1.82, 2.24) is 4.90 Å². The molecule has 0 aliphatic carbocycles. The Morgan fingerprint density at radius 1 is 1.30 bits per heavy atom. The summed E-state index contributed by atoms with van der Waals surface area (Å²) >= 11 is 0. The van der Waals surface area contributed by atoms with Crippen LogP contribution in [-0.2, 0) is 11.3 Å². The molecule has 0 saturated heterocycles. The zero-order valence-electron chi connectivity index (χ0n) is 15.5. The van der Waals surface area contributed by atoms with E-state index >= 15 is 0 Å². The number of halogens is 1. The monoisotopic (exact) mass is 375 g/mol. The summed E-state index contributed by atoms with van der Waals surface area (Å²) in [4.78, 5) is 24.6. The number of hydrogen-bond acceptors (Lipinski definition) is 5. The Morgan fingerprint density at radius 3 is 2.63 bits per heavy atom. The summed E-state index contributed by atoms with van der Waals surface area (Å²) in [7, 11) is 1.40. The molecule has 144 valence electrons. The van der Waals surface area contributed by atoms with Crippen LogP contribution in [0.3, 0.4) is 0 Å². The predicted octanol–water partition coefficient (Wildman–Crippen LogP) is 3.51. The fraction of sp³-hybridized carbons (Fsp3) is 0.316. The Kier molecular flexibility index (Phi) is 6.84. The van der Waals surface area contributed by atoms with Crippen LogP contribution in [0.25, 0.3) is 0 Å². The lowest BCUT2D eigenvalue weighted by atomic mass is 10.1. The van der Waals surface area contributed by atoms with E-state index in [1.54, 1.807) is 25.1 Å². The molecule has 2 rings (SSSR count). The van der Waals surface area contributed by atoms with Crippen LogP contribution in [-0.4, -0.2) is 35.9 Å². The van der Waals surface area contributed by atoms with Crippen molar-refractivity contribution in [3.8, 4) is 5.75 Å². The normalized spacial score (nSPS) is 10.7. The molecule has 0 unspecified atom stereocenters. The van der Waals surface area contributed by atoms with E-state index in [0.29, 0.717) is 18.8 Å². The third-order valence-corrected chi connectivity index (χ3v) is 4.14. The summed E-state index contributed by atoms with van der Waals surface area (Å²) in [5.74, 6) is -0.585. The molecular weight excluding hydrogens is 353 g/mol. The fourth-order valence-corrected chi connectivity index (χ4v) is 2.60. The highest BCUT2D eigenvalue weighted by molar-refractivity contribution is 5.93. The average Bonchev–Trinajstić information content (AvgIpc) is 2.63. The second-order valence-corrected chi connectivity index (χ2v) is 6.08. The molecule has 0 atom stereocenters. The first-order chi connectivity index (χ1) is 12.8. The first kappa shape index (κ1) is 20.3. The molecule has 0 bridgehead atoms. The Hall–Kier alpha value is -3.00. The number of rotatable bonds is 8. The van der Waals surface area contributed by atoms with Gasteiger partial charge in [0.05, 0.1) is 24.3 Å². The topological polar surface area (TPSA) is 84.7 Å². The van der Waals surface area contributed by atoms with E-state index in [2.05, 4.69) is 5.32 Å². The molecule has 8 heteroatoms. The number of anilines is 1. The van der Waals surface area contributed by atoms with Crippen LogP contribution < -0.4 is 10.1 Å². The molecule has 0 aliphatic heterocycles. The number of non-ortho nitro benzene ring substituents is 1. The average molecular weight is 375 g/mol. The molecule has 1 amide bonds. The molecule has 1 N–H and O–H groups in total. The number of hydrogen-bond donors (Lipinski definition) is 1. The molecule has 0 saturated carbocycles. The SMILES string of the molecule is CCN(CC(=O)Nc1cc([N+](=O)[O-])ccc1C)Cc1ccc(OC)c(F)c1. The lowest BCUT2D eigenvalue weighted by molar-refractivity contribution is -0.384. The minimum absolute atomic E-state index is 0.0757. The lowest BCUT2D eigenvalue weighted by Gasteiger charge is -2.20. The third-order valence-electron chi connectivity index (χ3n) is 4.14. The molecule has 27 heavy (non-hydrogen) atoms. The molecule has 0 aromatic heterocycles. The highest BCUT2D eigenvalue weighted by Crippen LogP contribution is 2.22. The molecule has 0 aliphatic rings. The second-order valence-electron chi connectivity index (χ2n) is 6.08. The summed E-state index contributed by atoms with van der Waals surface area (Å²) < 4.78 is 18.7. The number of benzene rings is 2. The quantitative estimate of drug-likeness (QED) is 0.564. The van der Waals surface area contributed by atoms with Gasteiger partial charge in [0.15, 0.2) is 11.6 Å². The number of likely N-dealkylation sites (N-methyl/N-ethyl adjacent to an activating group) is 1. The summed E-state index contributed by atoms with van der Waals surface area (Å²) in [6, 6.07) is 8.98. The number of nitro groups is 1. The van der Waals surface area contributed by atoms with Crippen molar-refractivity contribution < 1.29 is 18.8 Å². The summed E-state index contributed by atoms with van der Waals surface area (Å²) in [6.45, 7) is 4.70. The lowest BCUT2D eigenvalue weighted by Crippen LogP contribution is -2.33. The molecule has 0 fully saturated rings. The van der Waals surface area contributed by atoms with E-state index in [0.717, 1.165) is 11.1 Å². The zero-order chi connectivity index (χ0) is 20.0. The standard InChI is InChI=1S/C19H22FN3O4/c1-4-22(11-14-6-8-18(27-3)16(20)9-14)12-19(24)21-17-10-15(23(25)26)7-5-13(17)2/h5-10H,4,11-12H2,1-3H3,(H,21,24). The second kappa shape index (κ2) is 9.09. The molecule has 7 nitrogen and oxygen atoms in total. The van der Waals surface area contributed by atoms with Crippen molar-refractivity contribution in [3.63, 3.8) is 0 Å². The predicted molar refractivity (Wildman–Crippen MR) is 100 cm³/mol. The summed E-state index contributed by atoms with van der Waals surface area (Å²) in [5.41, 5.74) is 1.77. The van der Waals surface area contributed by atoms with Gasteiger partial charge in [0, 0.05) is 18.7 Å². The number of aryl methyl sites for hydroxylation is 1. The van der Waals surface area contributed by atoms with Crippen molar-refractivity contribution in [2.24, 2.45) is 0 Å². The van der Waals surface area contributed by atoms with E-state index in [1.807, 2.05) is 11.8 Å². The highest BCUT2D eigenvalue weighted by atomic mass is 19.1. The Balaban J connectivity index is 2.04. The molecular formula is C19H22FN3O4. The van der Waals surface area contributed by atoms with Gasteiger partial charge >= 0.3 is 0 Å². The largest absolute Gasteiger partial charge is 0.494 e. The molecule has 0 radical (unpaired) electrons. The van der Waals surface area contributed by atoms with Gasteiger partial charge in [-0.25, -0.2) is 4.39 Å². The van der Waals surface area contributed by atoms with Crippen LogP contribution in [0.1, 0.15) is 18.1 Å². The number of carbonyl (C=O) groups excluding carboxylic acids is 1. The molecule has 2 aromatic carbocycles. The van der Waals surface area contributed by atoms with Crippen LogP contribution in [0.5, 0.6) is 5.75 Å². The van der Waals surface area contributed by atoms with E-state index in [9.17, 15) is 19.3 Å². The molecule has 2 aromatic rings. The van der Waals surface area contributed by atoms with Gasteiger partial charge in [0.2, 0.25) is 5.91 Å². The maximum Gasteiger partial charge on any atom is 0.271 e. The van der Waals surface area contributed by atoms with Crippen LogP contribution in [0, 0.1) is 22.9 Å². The van der Waals surface area contributed by atoms with E-state index < -0.39 is 10.7 Å². The van der Waals surface area contributed by atoms with Crippen LogP contribution in [0.15, 0.2) is 36.4 Å². The number of nitrogens with one attached hydrogen (secondary N) is 1. The number of nitro benzene ring substituents is 1. The van der Waals surface area contributed by atoms with Crippen molar-refractivity contribution >= 4 is 17.3 Å². The minimum Gasteiger partial charge on any atom is -0.494 e. The van der Waals surface area contributed by atoms with Crippen LogP contribution in [0.4, 0.5) is 15.8 Å². The first-order valence-corrected chi connectivity index (χ1v) is 8.43. The van der Waals surface area contributed by atoms with Crippen molar-refractivity contribution in [2.75, 3.05) is 25.5 Å². The Labute approximate surface area is 156 Å². The fourth-order valence-electron chi connectivity index (χ4n) is 2.60. The third kappa shape index (κ3) is 5.49. The van der Waals surface area contributed by atoms with Gasteiger partial charge in [-0.3, -0.25) is 19.8 Å². The first-order valence-electron chi connectivity index (χ1n) is 8.43. The Bertz CT molecular complexity index is 842.